The molecule has 0 unspecified atom stereocenters. The number of rotatable bonds is 6. The van der Waals surface area contributed by atoms with Gasteiger partial charge in [0.25, 0.3) is 0 Å². The average Bonchev–Trinajstić information content (AvgIpc) is 2.52. The predicted octanol–water partition coefficient (Wildman–Crippen LogP) is 4.07. The van der Waals surface area contributed by atoms with E-state index < -0.39 is 11.6 Å². The van der Waals surface area contributed by atoms with Crippen LogP contribution in [0.4, 0.5) is 8.78 Å². The third kappa shape index (κ3) is 3.88. The van der Waals surface area contributed by atoms with Crippen LogP contribution in [0.2, 0.25) is 0 Å². The maximum atomic E-state index is 13.9. The highest BCUT2D eigenvalue weighted by Crippen LogP contribution is 2.24. The molecule has 21 heavy (non-hydrogen) atoms. The molecule has 0 spiro atoms. The molecule has 0 radical (unpaired) electrons. The monoisotopic (exact) mass is 290 g/mol. The largest absolute Gasteiger partial charge is 0.486 e. The van der Waals surface area contributed by atoms with Gasteiger partial charge in [0.2, 0.25) is 5.82 Å². The fraction of sp³-hybridized carbons (Fsp3) is 0.235. The average molecular weight is 290 g/mol. The summed E-state index contributed by atoms with van der Waals surface area (Å²) in [6, 6.07) is 12.0. The molecule has 0 atom stereocenters. The summed E-state index contributed by atoms with van der Waals surface area (Å²) >= 11 is 0. The van der Waals surface area contributed by atoms with Gasteiger partial charge < -0.3 is 4.74 Å². The van der Waals surface area contributed by atoms with Crippen LogP contribution < -0.4 is 4.74 Å². The molecule has 0 amide bonds. The van der Waals surface area contributed by atoms with E-state index in [1.54, 1.807) is 6.92 Å². The lowest BCUT2D eigenvalue weighted by Crippen LogP contribution is -2.06. The van der Waals surface area contributed by atoms with Crippen LogP contribution in [-0.4, -0.2) is 5.78 Å². The Morgan fingerprint density at radius 1 is 1.05 bits per heavy atom. The van der Waals surface area contributed by atoms with Gasteiger partial charge in [0.05, 0.1) is 0 Å². The maximum Gasteiger partial charge on any atom is 0.200 e. The van der Waals surface area contributed by atoms with Crippen molar-refractivity contribution in [3.63, 3.8) is 0 Å². The van der Waals surface area contributed by atoms with E-state index in [4.69, 9.17) is 4.74 Å². The topological polar surface area (TPSA) is 26.3 Å². The minimum absolute atomic E-state index is 0.0615. The minimum Gasteiger partial charge on any atom is -0.486 e. The zero-order chi connectivity index (χ0) is 15.2. The van der Waals surface area contributed by atoms with Crippen molar-refractivity contribution in [2.45, 2.75) is 26.4 Å². The molecule has 0 saturated heterocycles. The lowest BCUT2D eigenvalue weighted by atomic mass is 10.1. The van der Waals surface area contributed by atoms with Crippen molar-refractivity contribution < 1.29 is 18.3 Å². The summed E-state index contributed by atoms with van der Waals surface area (Å²) in [6.07, 6.45) is 0.200. The molecule has 2 rings (SSSR count). The lowest BCUT2D eigenvalue weighted by Gasteiger charge is -2.10. The van der Waals surface area contributed by atoms with Gasteiger partial charge in [-0.1, -0.05) is 43.3 Å². The zero-order valence-corrected chi connectivity index (χ0v) is 11.7. The fourth-order valence-corrected chi connectivity index (χ4v) is 1.89. The number of carbonyl (C=O) groups excluding carboxylic acids is 1. The van der Waals surface area contributed by atoms with Crippen molar-refractivity contribution in [2.75, 3.05) is 0 Å². The second kappa shape index (κ2) is 6.97. The summed E-state index contributed by atoms with van der Waals surface area (Å²) in [7, 11) is 0. The Morgan fingerprint density at radius 3 is 2.43 bits per heavy atom. The maximum absolute atomic E-state index is 13.9. The van der Waals surface area contributed by atoms with Crippen LogP contribution in [0.25, 0.3) is 0 Å². The Bertz CT molecular complexity index is 624. The second-order valence-electron chi connectivity index (χ2n) is 4.69. The summed E-state index contributed by atoms with van der Waals surface area (Å²) in [5.41, 5.74) is 0.925. The highest BCUT2D eigenvalue weighted by atomic mass is 19.2. The van der Waals surface area contributed by atoms with E-state index in [1.807, 2.05) is 30.3 Å². The van der Waals surface area contributed by atoms with Crippen molar-refractivity contribution in [3.05, 3.63) is 65.2 Å². The molecule has 110 valence electrons. The Labute approximate surface area is 122 Å². The van der Waals surface area contributed by atoms with Crippen LogP contribution in [-0.2, 0) is 17.8 Å². The highest BCUT2D eigenvalue weighted by Gasteiger charge is 2.16. The van der Waals surface area contributed by atoms with Gasteiger partial charge in [-0.2, -0.15) is 4.39 Å². The van der Waals surface area contributed by atoms with E-state index in [0.717, 1.165) is 5.56 Å². The SMILES string of the molecule is CCC(=O)Cc1ccc(OCc2ccccc2)c(F)c1F. The summed E-state index contributed by atoms with van der Waals surface area (Å²) < 4.78 is 33.1. The Balaban J connectivity index is 2.11. The van der Waals surface area contributed by atoms with Crippen LogP contribution in [0.3, 0.4) is 0 Å². The predicted molar refractivity (Wildman–Crippen MR) is 76.1 cm³/mol. The van der Waals surface area contributed by atoms with E-state index in [9.17, 15) is 13.6 Å². The minimum atomic E-state index is -1.05. The first-order valence-electron chi connectivity index (χ1n) is 6.77. The van der Waals surface area contributed by atoms with Gasteiger partial charge in [0.1, 0.15) is 12.4 Å². The van der Waals surface area contributed by atoms with Gasteiger partial charge in [0, 0.05) is 12.8 Å². The molecular weight excluding hydrogens is 274 g/mol. The van der Waals surface area contributed by atoms with E-state index in [2.05, 4.69) is 0 Å². The number of hydrogen-bond acceptors (Lipinski definition) is 2. The number of benzene rings is 2. The van der Waals surface area contributed by atoms with E-state index in [-0.39, 0.29) is 30.1 Å². The molecule has 4 heteroatoms. The summed E-state index contributed by atoms with van der Waals surface area (Å²) in [5.74, 6) is -2.34. The second-order valence-corrected chi connectivity index (χ2v) is 4.69. The molecule has 0 aromatic heterocycles. The number of ether oxygens (including phenoxy) is 1. The van der Waals surface area contributed by atoms with Gasteiger partial charge in [-0.15, -0.1) is 0 Å². The molecule has 0 heterocycles. The van der Waals surface area contributed by atoms with Crippen LogP contribution in [0.5, 0.6) is 5.75 Å². The molecule has 0 aliphatic carbocycles. The van der Waals surface area contributed by atoms with Crippen molar-refractivity contribution in [1.29, 1.82) is 0 Å². The smallest absolute Gasteiger partial charge is 0.200 e. The summed E-state index contributed by atoms with van der Waals surface area (Å²) in [5, 5.41) is 0. The standard InChI is InChI=1S/C17H16F2O2/c1-2-14(20)10-13-8-9-15(17(19)16(13)18)21-11-12-6-4-3-5-7-12/h3-9H,2,10-11H2,1H3. The first kappa shape index (κ1) is 15.2. The molecule has 0 aliphatic heterocycles. The molecule has 2 nitrogen and oxygen atoms in total. The number of halogens is 2. The molecule has 0 fully saturated rings. The van der Waals surface area contributed by atoms with E-state index in [1.165, 1.54) is 12.1 Å². The molecular formula is C17H16F2O2. The van der Waals surface area contributed by atoms with Crippen LogP contribution in [0, 0.1) is 11.6 Å². The van der Waals surface area contributed by atoms with Crippen molar-refractivity contribution in [1.82, 2.24) is 0 Å². The number of Topliss-reactive ketones (excluding diaryl/α,β-unsaturated/α-hetero) is 1. The fourth-order valence-electron chi connectivity index (χ4n) is 1.89. The van der Waals surface area contributed by atoms with Crippen molar-refractivity contribution in [3.8, 4) is 5.75 Å². The van der Waals surface area contributed by atoms with Crippen LogP contribution >= 0.6 is 0 Å². The number of carbonyl (C=O) groups is 1. The van der Waals surface area contributed by atoms with Gasteiger partial charge in [-0.25, -0.2) is 4.39 Å². The summed E-state index contributed by atoms with van der Waals surface area (Å²) in [6.45, 7) is 1.85. The number of ketones is 1. The Kier molecular flexibility index (Phi) is 5.04. The lowest BCUT2D eigenvalue weighted by molar-refractivity contribution is -0.118. The van der Waals surface area contributed by atoms with Gasteiger partial charge in [-0.05, 0) is 17.2 Å². The quantitative estimate of drug-likeness (QED) is 0.801. The molecule has 0 N–H and O–H groups in total. The molecule has 2 aromatic carbocycles. The van der Waals surface area contributed by atoms with Crippen LogP contribution in [0.1, 0.15) is 24.5 Å². The zero-order valence-electron chi connectivity index (χ0n) is 11.7. The first-order chi connectivity index (χ1) is 10.1. The number of hydrogen-bond donors (Lipinski definition) is 0. The Hall–Kier alpha value is -2.23. The summed E-state index contributed by atoms with van der Waals surface area (Å²) in [4.78, 5) is 11.3. The van der Waals surface area contributed by atoms with Gasteiger partial charge in [0.15, 0.2) is 11.6 Å². The first-order valence-corrected chi connectivity index (χ1v) is 6.77. The highest BCUT2D eigenvalue weighted by molar-refractivity contribution is 5.80. The molecule has 0 bridgehead atoms. The molecule has 0 aliphatic rings. The molecule has 0 saturated carbocycles. The van der Waals surface area contributed by atoms with Crippen molar-refractivity contribution in [2.24, 2.45) is 0 Å². The molecule has 2 aromatic rings. The third-order valence-electron chi connectivity index (χ3n) is 3.15. The van der Waals surface area contributed by atoms with Gasteiger partial charge in [-0.3, -0.25) is 4.79 Å². The van der Waals surface area contributed by atoms with E-state index >= 15 is 0 Å². The van der Waals surface area contributed by atoms with Gasteiger partial charge >= 0.3 is 0 Å². The van der Waals surface area contributed by atoms with Crippen molar-refractivity contribution >= 4 is 5.78 Å². The third-order valence-corrected chi connectivity index (χ3v) is 3.15. The van der Waals surface area contributed by atoms with E-state index in [0.29, 0.717) is 6.42 Å². The Morgan fingerprint density at radius 2 is 1.76 bits per heavy atom. The normalized spacial score (nSPS) is 10.4. The van der Waals surface area contributed by atoms with Crippen LogP contribution in [0.15, 0.2) is 42.5 Å².